The average Bonchev–Trinajstić information content (AvgIpc) is 2.34. The lowest BCUT2D eigenvalue weighted by Gasteiger charge is -2.36. The van der Waals surface area contributed by atoms with Crippen molar-refractivity contribution in [2.45, 2.75) is 58.6 Å². The summed E-state index contributed by atoms with van der Waals surface area (Å²) in [5.41, 5.74) is 2.42. The Bertz CT molecular complexity index is 319. The number of hydrogen-bond acceptors (Lipinski definition) is 5. The van der Waals surface area contributed by atoms with Gasteiger partial charge in [0.15, 0.2) is 0 Å². The van der Waals surface area contributed by atoms with Gasteiger partial charge in [0.1, 0.15) is 9.84 Å². The quantitative estimate of drug-likeness (QED) is 0.465. The lowest BCUT2D eigenvalue weighted by molar-refractivity contribution is -0.0571. The van der Waals surface area contributed by atoms with Crippen molar-refractivity contribution in [2.24, 2.45) is 5.84 Å². The van der Waals surface area contributed by atoms with Crippen LogP contribution in [0.5, 0.6) is 0 Å². The van der Waals surface area contributed by atoms with Crippen LogP contribution >= 0.6 is 0 Å². The van der Waals surface area contributed by atoms with Crippen molar-refractivity contribution < 1.29 is 13.2 Å². The molecule has 6 heteroatoms. The van der Waals surface area contributed by atoms with Gasteiger partial charge < -0.3 is 4.74 Å². The fraction of sp³-hybridized carbons (Fsp3) is 1.00. The van der Waals surface area contributed by atoms with Gasteiger partial charge in [0.05, 0.1) is 11.4 Å². The van der Waals surface area contributed by atoms with Crippen molar-refractivity contribution >= 4 is 9.84 Å². The SMILES string of the molecule is CCOC(C)(CC)C(CCCS(=O)(=O)CC)NN. The molecule has 0 aliphatic heterocycles. The van der Waals surface area contributed by atoms with Crippen LogP contribution in [0.2, 0.25) is 0 Å². The number of hydrogen-bond donors (Lipinski definition) is 2. The molecular formula is C12H28N2O3S. The Balaban J connectivity index is 4.42. The molecule has 0 spiro atoms. The molecule has 0 aromatic carbocycles. The maximum absolute atomic E-state index is 11.4. The van der Waals surface area contributed by atoms with Crippen LogP contribution < -0.4 is 11.3 Å². The lowest BCUT2D eigenvalue weighted by Crippen LogP contribution is -2.53. The van der Waals surface area contributed by atoms with Crippen molar-refractivity contribution in [1.29, 1.82) is 0 Å². The number of hydrazine groups is 1. The molecule has 110 valence electrons. The maximum atomic E-state index is 11.4. The smallest absolute Gasteiger partial charge is 0.150 e. The first kappa shape index (κ1) is 17.8. The van der Waals surface area contributed by atoms with Crippen LogP contribution in [0.15, 0.2) is 0 Å². The Labute approximate surface area is 111 Å². The van der Waals surface area contributed by atoms with E-state index in [4.69, 9.17) is 10.6 Å². The summed E-state index contributed by atoms with van der Waals surface area (Å²) in [6.45, 7) is 8.29. The van der Waals surface area contributed by atoms with E-state index in [1.807, 2.05) is 20.8 Å². The van der Waals surface area contributed by atoms with Crippen molar-refractivity contribution in [3.05, 3.63) is 0 Å². The van der Waals surface area contributed by atoms with Crippen molar-refractivity contribution in [3.63, 3.8) is 0 Å². The molecule has 0 saturated carbocycles. The van der Waals surface area contributed by atoms with Gasteiger partial charge in [0.2, 0.25) is 0 Å². The first-order valence-electron chi connectivity index (χ1n) is 6.65. The molecule has 0 aromatic heterocycles. The summed E-state index contributed by atoms with van der Waals surface area (Å²) in [6.07, 6.45) is 2.13. The Morgan fingerprint density at radius 3 is 2.33 bits per heavy atom. The number of nitrogens with one attached hydrogen (secondary N) is 1. The third-order valence-corrected chi connectivity index (χ3v) is 5.29. The van der Waals surface area contributed by atoms with E-state index in [0.29, 0.717) is 19.4 Å². The van der Waals surface area contributed by atoms with Gasteiger partial charge >= 0.3 is 0 Å². The summed E-state index contributed by atoms with van der Waals surface area (Å²) >= 11 is 0. The predicted molar refractivity (Wildman–Crippen MR) is 75.0 cm³/mol. The highest BCUT2D eigenvalue weighted by Crippen LogP contribution is 2.23. The minimum atomic E-state index is -2.90. The molecule has 0 fully saturated rings. The zero-order valence-corrected chi connectivity index (χ0v) is 12.8. The first-order valence-corrected chi connectivity index (χ1v) is 8.47. The van der Waals surface area contributed by atoms with Gasteiger partial charge in [-0.15, -0.1) is 0 Å². The number of sulfone groups is 1. The Kier molecular flexibility index (Phi) is 8.02. The predicted octanol–water partition coefficient (Wildman–Crippen LogP) is 1.24. The highest BCUT2D eigenvalue weighted by Gasteiger charge is 2.32. The molecule has 0 bridgehead atoms. The summed E-state index contributed by atoms with van der Waals surface area (Å²) < 4.78 is 28.6. The topological polar surface area (TPSA) is 81.4 Å². The van der Waals surface area contributed by atoms with Gasteiger partial charge in [-0.2, -0.15) is 0 Å². The Morgan fingerprint density at radius 2 is 1.94 bits per heavy atom. The fourth-order valence-corrected chi connectivity index (χ4v) is 2.89. The maximum Gasteiger partial charge on any atom is 0.150 e. The van der Waals surface area contributed by atoms with Crippen molar-refractivity contribution in [2.75, 3.05) is 18.1 Å². The van der Waals surface area contributed by atoms with Crippen LogP contribution in [0.3, 0.4) is 0 Å². The van der Waals surface area contributed by atoms with Gasteiger partial charge in [0.25, 0.3) is 0 Å². The minimum Gasteiger partial charge on any atom is -0.374 e. The second-order valence-corrected chi connectivity index (χ2v) is 7.17. The summed E-state index contributed by atoms with van der Waals surface area (Å²) in [5.74, 6) is 5.98. The van der Waals surface area contributed by atoms with E-state index in [-0.39, 0.29) is 23.1 Å². The average molecular weight is 280 g/mol. The molecule has 0 rings (SSSR count). The van der Waals surface area contributed by atoms with E-state index in [9.17, 15) is 8.42 Å². The minimum absolute atomic E-state index is 0.0329. The van der Waals surface area contributed by atoms with Crippen molar-refractivity contribution in [1.82, 2.24) is 5.43 Å². The monoisotopic (exact) mass is 280 g/mol. The number of nitrogens with two attached hydrogens (primary N) is 1. The van der Waals surface area contributed by atoms with Gasteiger partial charge in [-0.25, -0.2) is 8.42 Å². The lowest BCUT2D eigenvalue weighted by atomic mass is 9.90. The van der Waals surface area contributed by atoms with Gasteiger partial charge in [-0.1, -0.05) is 13.8 Å². The van der Waals surface area contributed by atoms with Gasteiger partial charge in [-0.3, -0.25) is 11.3 Å². The molecule has 0 aromatic rings. The third-order valence-electron chi connectivity index (χ3n) is 3.50. The zero-order chi connectivity index (χ0) is 14.2. The summed E-state index contributed by atoms with van der Waals surface area (Å²) in [4.78, 5) is 0. The van der Waals surface area contributed by atoms with Crippen LogP contribution in [0.4, 0.5) is 0 Å². The Morgan fingerprint density at radius 1 is 1.33 bits per heavy atom. The molecule has 3 N–H and O–H groups in total. The van der Waals surface area contributed by atoms with Crippen LogP contribution in [0.1, 0.15) is 47.0 Å². The highest BCUT2D eigenvalue weighted by molar-refractivity contribution is 7.91. The second kappa shape index (κ2) is 8.09. The normalized spacial score (nSPS) is 17.4. The summed E-state index contributed by atoms with van der Waals surface area (Å²) in [6, 6.07) is -0.0329. The van der Waals surface area contributed by atoms with Crippen LogP contribution in [-0.4, -0.2) is 38.2 Å². The zero-order valence-electron chi connectivity index (χ0n) is 12.0. The van der Waals surface area contributed by atoms with E-state index < -0.39 is 9.84 Å². The molecule has 0 aliphatic carbocycles. The highest BCUT2D eigenvalue weighted by atomic mass is 32.2. The van der Waals surface area contributed by atoms with Crippen molar-refractivity contribution in [3.8, 4) is 0 Å². The van der Waals surface area contributed by atoms with E-state index >= 15 is 0 Å². The standard InChI is InChI=1S/C12H28N2O3S/c1-5-12(4,17-6-2)11(14-13)9-8-10-18(15,16)7-3/h11,14H,5-10,13H2,1-4H3. The molecule has 5 nitrogen and oxygen atoms in total. The number of rotatable bonds is 10. The largest absolute Gasteiger partial charge is 0.374 e. The molecular weight excluding hydrogens is 252 g/mol. The molecule has 0 saturated heterocycles. The van der Waals surface area contributed by atoms with E-state index in [0.717, 1.165) is 6.42 Å². The molecule has 0 heterocycles. The van der Waals surface area contributed by atoms with Crippen LogP contribution in [-0.2, 0) is 14.6 Å². The van der Waals surface area contributed by atoms with E-state index in [1.165, 1.54) is 0 Å². The molecule has 0 radical (unpaired) electrons. The summed E-state index contributed by atoms with van der Waals surface area (Å²) in [7, 11) is -2.90. The summed E-state index contributed by atoms with van der Waals surface area (Å²) in [5, 5.41) is 0. The van der Waals surface area contributed by atoms with E-state index in [2.05, 4.69) is 5.43 Å². The van der Waals surface area contributed by atoms with Crippen LogP contribution in [0.25, 0.3) is 0 Å². The second-order valence-electron chi connectivity index (χ2n) is 4.70. The molecule has 0 aliphatic rings. The molecule has 2 atom stereocenters. The van der Waals surface area contributed by atoms with E-state index in [1.54, 1.807) is 6.92 Å². The number of ether oxygens (including phenoxy) is 1. The Hall–Kier alpha value is -0.170. The fourth-order valence-electron chi connectivity index (χ4n) is 2.00. The van der Waals surface area contributed by atoms with Gasteiger partial charge in [-0.05, 0) is 33.1 Å². The van der Waals surface area contributed by atoms with Crippen LogP contribution in [0, 0.1) is 0 Å². The molecule has 18 heavy (non-hydrogen) atoms. The molecule has 2 unspecified atom stereocenters. The van der Waals surface area contributed by atoms with Gasteiger partial charge in [0, 0.05) is 18.4 Å². The third kappa shape index (κ3) is 5.65. The molecule has 0 amide bonds. The first-order chi connectivity index (χ1) is 8.35.